The maximum atomic E-state index is 12.2. The molecule has 0 saturated carbocycles. The minimum atomic E-state index is -4.06. The van der Waals surface area contributed by atoms with Crippen LogP contribution in [0.15, 0.2) is 0 Å². The molecule has 2 rings (SSSR count). The molecule has 6 heteroatoms. The number of hydrogen-bond donors (Lipinski definition) is 1. The van der Waals surface area contributed by atoms with Crippen LogP contribution >= 0.6 is 0 Å². The lowest BCUT2D eigenvalue weighted by molar-refractivity contribution is -0.135. The standard InChI is InChI=1S/C13H20F3N3/c1-2-4-12-18-10-9-17-7-5-11(10)19(12)8-3-6-13(14,15)16/h17H,2-9H2,1H3. The van der Waals surface area contributed by atoms with E-state index in [2.05, 4.69) is 17.2 Å². The third kappa shape index (κ3) is 3.72. The van der Waals surface area contributed by atoms with E-state index in [1.54, 1.807) is 0 Å². The Hall–Kier alpha value is -1.04. The van der Waals surface area contributed by atoms with Gasteiger partial charge in [0, 0.05) is 44.6 Å². The van der Waals surface area contributed by atoms with Gasteiger partial charge in [0.05, 0.1) is 5.69 Å². The van der Waals surface area contributed by atoms with Gasteiger partial charge in [-0.2, -0.15) is 13.2 Å². The fraction of sp³-hybridized carbons (Fsp3) is 0.769. The molecule has 19 heavy (non-hydrogen) atoms. The normalized spacial score (nSPS) is 15.6. The van der Waals surface area contributed by atoms with Gasteiger partial charge in [0.25, 0.3) is 0 Å². The van der Waals surface area contributed by atoms with E-state index < -0.39 is 12.6 Å². The number of nitrogens with zero attached hydrogens (tertiary/aromatic N) is 2. The molecular weight excluding hydrogens is 255 g/mol. The van der Waals surface area contributed by atoms with E-state index in [-0.39, 0.29) is 6.42 Å². The van der Waals surface area contributed by atoms with Crippen LogP contribution in [0.2, 0.25) is 0 Å². The summed E-state index contributed by atoms with van der Waals surface area (Å²) in [7, 11) is 0. The molecule has 1 aliphatic rings. The monoisotopic (exact) mass is 275 g/mol. The number of hydrogen-bond acceptors (Lipinski definition) is 2. The molecule has 108 valence electrons. The van der Waals surface area contributed by atoms with Gasteiger partial charge in [-0.1, -0.05) is 6.92 Å². The molecule has 0 saturated heterocycles. The van der Waals surface area contributed by atoms with E-state index in [9.17, 15) is 13.2 Å². The van der Waals surface area contributed by atoms with Crippen molar-refractivity contribution in [1.29, 1.82) is 0 Å². The van der Waals surface area contributed by atoms with Crippen molar-refractivity contribution in [2.75, 3.05) is 6.54 Å². The van der Waals surface area contributed by atoms with Gasteiger partial charge >= 0.3 is 6.18 Å². The maximum absolute atomic E-state index is 12.2. The first-order chi connectivity index (χ1) is 9.01. The predicted octanol–water partition coefficient (Wildman–Crippen LogP) is 2.82. The quantitative estimate of drug-likeness (QED) is 0.895. The molecule has 0 amide bonds. The zero-order valence-corrected chi connectivity index (χ0v) is 11.2. The van der Waals surface area contributed by atoms with Crippen molar-refractivity contribution < 1.29 is 13.2 Å². The number of fused-ring (bicyclic) bond motifs is 1. The van der Waals surface area contributed by atoms with Crippen LogP contribution in [0.4, 0.5) is 13.2 Å². The van der Waals surface area contributed by atoms with Crippen LogP contribution in [-0.4, -0.2) is 22.3 Å². The largest absolute Gasteiger partial charge is 0.389 e. The van der Waals surface area contributed by atoms with Gasteiger partial charge in [-0.3, -0.25) is 0 Å². The molecule has 1 N–H and O–H groups in total. The third-order valence-corrected chi connectivity index (χ3v) is 3.38. The van der Waals surface area contributed by atoms with Crippen LogP contribution in [0.25, 0.3) is 0 Å². The van der Waals surface area contributed by atoms with E-state index in [4.69, 9.17) is 0 Å². The summed E-state index contributed by atoms with van der Waals surface area (Å²) < 4.78 is 38.7. The Balaban J connectivity index is 2.10. The van der Waals surface area contributed by atoms with Crippen molar-refractivity contribution in [2.45, 2.75) is 58.3 Å². The van der Waals surface area contributed by atoms with Gasteiger partial charge in [0.15, 0.2) is 0 Å². The summed E-state index contributed by atoms with van der Waals surface area (Å²) in [5.41, 5.74) is 2.14. The van der Waals surface area contributed by atoms with Crippen molar-refractivity contribution in [2.24, 2.45) is 0 Å². The second kappa shape index (κ2) is 5.94. The third-order valence-electron chi connectivity index (χ3n) is 3.38. The van der Waals surface area contributed by atoms with E-state index in [1.165, 1.54) is 0 Å². The Labute approximate surface area is 111 Å². The van der Waals surface area contributed by atoms with Gasteiger partial charge in [-0.05, 0) is 12.8 Å². The van der Waals surface area contributed by atoms with Crippen LogP contribution in [0, 0.1) is 0 Å². The minimum Gasteiger partial charge on any atom is -0.332 e. The lowest BCUT2D eigenvalue weighted by Crippen LogP contribution is -2.25. The lowest BCUT2D eigenvalue weighted by atomic mass is 10.2. The van der Waals surface area contributed by atoms with Crippen molar-refractivity contribution in [1.82, 2.24) is 14.9 Å². The summed E-state index contributed by atoms with van der Waals surface area (Å²) >= 11 is 0. The summed E-state index contributed by atoms with van der Waals surface area (Å²) in [6.07, 6.45) is -1.99. The van der Waals surface area contributed by atoms with Crippen LogP contribution in [0.5, 0.6) is 0 Å². The van der Waals surface area contributed by atoms with E-state index in [1.807, 2.05) is 4.57 Å². The van der Waals surface area contributed by atoms with Crippen LogP contribution < -0.4 is 5.32 Å². The van der Waals surface area contributed by atoms with Gasteiger partial charge < -0.3 is 9.88 Å². The SMILES string of the molecule is CCCc1nc2c(n1CCCC(F)(F)F)CCNC2. The number of alkyl halides is 3. The van der Waals surface area contributed by atoms with E-state index in [0.29, 0.717) is 6.54 Å². The maximum Gasteiger partial charge on any atom is 0.389 e. The second-order valence-electron chi connectivity index (χ2n) is 4.97. The molecule has 0 spiro atoms. The Morgan fingerprint density at radius 3 is 2.84 bits per heavy atom. The Kier molecular flexibility index (Phi) is 4.50. The zero-order valence-electron chi connectivity index (χ0n) is 11.2. The van der Waals surface area contributed by atoms with Gasteiger partial charge in [-0.25, -0.2) is 4.98 Å². The minimum absolute atomic E-state index is 0.135. The number of nitrogens with one attached hydrogen (secondary N) is 1. The fourth-order valence-electron chi connectivity index (χ4n) is 2.54. The van der Waals surface area contributed by atoms with Crippen molar-refractivity contribution >= 4 is 0 Å². The Morgan fingerprint density at radius 1 is 1.37 bits per heavy atom. The lowest BCUT2D eigenvalue weighted by Gasteiger charge is -2.16. The van der Waals surface area contributed by atoms with E-state index in [0.717, 1.165) is 49.6 Å². The van der Waals surface area contributed by atoms with E-state index >= 15 is 0 Å². The Bertz CT molecular complexity index is 424. The number of aryl methyl sites for hydroxylation is 1. The summed E-state index contributed by atoms with van der Waals surface area (Å²) in [5, 5.41) is 3.25. The molecule has 1 aromatic heterocycles. The van der Waals surface area contributed by atoms with Crippen LogP contribution in [0.3, 0.4) is 0 Å². The highest BCUT2D eigenvalue weighted by atomic mass is 19.4. The molecule has 1 aromatic rings. The molecule has 0 aliphatic carbocycles. The molecule has 0 fully saturated rings. The molecule has 0 unspecified atom stereocenters. The van der Waals surface area contributed by atoms with Crippen molar-refractivity contribution in [3.63, 3.8) is 0 Å². The molecule has 0 radical (unpaired) electrons. The smallest absolute Gasteiger partial charge is 0.332 e. The molecule has 1 aliphatic heterocycles. The summed E-state index contributed by atoms with van der Waals surface area (Å²) in [6.45, 7) is 4.10. The molecule has 0 atom stereocenters. The molecule has 3 nitrogen and oxygen atoms in total. The van der Waals surface area contributed by atoms with Gasteiger partial charge in [-0.15, -0.1) is 0 Å². The number of rotatable bonds is 5. The van der Waals surface area contributed by atoms with Crippen molar-refractivity contribution in [3.05, 3.63) is 17.2 Å². The van der Waals surface area contributed by atoms with Gasteiger partial charge in [0.2, 0.25) is 0 Å². The first-order valence-corrected chi connectivity index (χ1v) is 6.86. The second-order valence-corrected chi connectivity index (χ2v) is 4.97. The summed E-state index contributed by atoms with van der Waals surface area (Å²) in [5.74, 6) is 0.943. The fourth-order valence-corrected chi connectivity index (χ4v) is 2.54. The molecule has 0 bridgehead atoms. The van der Waals surface area contributed by atoms with Crippen LogP contribution in [0.1, 0.15) is 43.4 Å². The first kappa shape index (κ1) is 14.4. The molecule has 0 aromatic carbocycles. The first-order valence-electron chi connectivity index (χ1n) is 6.86. The zero-order chi connectivity index (χ0) is 13.9. The summed E-state index contributed by atoms with van der Waals surface area (Å²) in [6, 6.07) is 0. The number of imidazole rings is 1. The van der Waals surface area contributed by atoms with Gasteiger partial charge in [0.1, 0.15) is 5.82 Å². The molecule has 2 heterocycles. The average Bonchev–Trinajstić information content (AvgIpc) is 2.67. The number of halogens is 3. The molecular formula is C13H20F3N3. The summed E-state index contributed by atoms with van der Waals surface area (Å²) in [4.78, 5) is 4.57. The number of aromatic nitrogens is 2. The highest BCUT2D eigenvalue weighted by Gasteiger charge is 2.27. The topological polar surface area (TPSA) is 29.9 Å². The predicted molar refractivity (Wildman–Crippen MR) is 66.9 cm³/mol. The Morgan fingerprint density at radius 2 is 2.16 bits per heavy atom. The average molecular weight is 275 g/mol. The highest BCUT2D eigenvalue weighted by molar-refractivity contribution is 5.20. The van der Waals surface area contributed by atoms with Crippen LogP contribution in [-0.2, 0) is 25.9 Å². The highest BCUT2D eigenvalue weighted by Crippen LogP contribution is 2.23. The van der Waals surface area contributed by atoms with Crippen molar-refractivity contribution in [3.8, 4) is 0 Å².